The second kappa shape index (κ2) is 7.29. The molecule has 0 aliphatic rings. The van der Waals surface area contributed by atoms with Crippen LogP contribution in [-0.2, 0) is 6.61 Å². The maximum atomic E-state index is 6.14. The first-order chi connectivity index (χ1) is 10.2. The lowest BCUT2D eigenvalue weighted by Gasteiger charge is -2.16. The second-order valence-electron chi connectivity index (χ2n) is 4.91. The number of rotatable bonds is 6. The number of hydrogen-bond acceptors (Lipinski definition) is 4. The number of benzene rings is 1. The van der Waals surface area contributed by atoms with Crippen LogP contribution in [-0.4, -0.2) is 4.98 Å². The van der Waals surface area contributed by atoms with Crippen molar-refractivity contribution in [2.75, 3.05) is 5.43 Å². The van der Waals surface area contributed by atoms with Gasteiger partial charge < -0.3 is 10.2 Å². The van der Waals surface area contributed by atoms with Crippen molar-refractivity contribution in [1.29, 1.82) is 0 Å². The van der Waals surface area contributed by atoms with Gasteiger partial charge in [-0.2, -0.15) is 0 Å². The Labute approximate surface area is 130 Å². The molecule has 0 fully saturated rings. The molecule has 0 spiro atoms. The van der Waals surface area contributed by atoms with Gasteiger partial charge in [0.25, 0.3) is 0 Å². The number of nitrogens with two attached hydrogens (primary N) is 1. The summed E-state index contributed by atoms with van der Waals surface area (Å²) in [6.07, 6.45) is 1.06. The molecule has 0 radical (unpaired) electrons. The van der Waals surface area contributed by atoms with E-state index in [0.29, 0.717) is 29.1 Å². The summed E-state index contributed by atoms with van der Waals surface area (Å²) in [5.41, 5.74) is 4.36. The van der Waals surface area contributed by atoms with E-state index in [1.807, 2.05) is 18.2 Å². The molecule has 4 nitrogen and oxygen atoms in total. The second-order valence-corrected chi connectivity index (χ2v) is 5.31. The zero-order valence-corrected chi connectivity index (χ0v) is 13.0. The van der Waals surface area contributed by atoms with Gasteiger partial charge in [-0.15, -0.1) is 0 Å². The number of nitrogen functional groups attached to an aromatic ring is 1. The molecular weight excluding hydrogens is 286 g/mol. The maximum absolute atomic E-state index is 6.14. The zero-order valence-electron chi connectivity index (χ0n) is 12.3. The van der Waals surface area contributed by atoms with Crippen LogP contribution in [0.5, 0.6) is 5.75 Å². The van der Waals surface area contributed by atoms with E-state index in [1.165, 1.54) is 5.56 Å². The van der Waals surface area contributed by atoms with E-state index in [1.54, 1.807) is 12.1 Å². The molecule has 3 N–H and O–H groups in total. The monoisotopic (exact) mass is 305 g/mol. The van der Waals surface area contributed by atoms with Gasteiger partial charge >= 0.3 is 0 Å². The van der Waals surface area contributed by atoms with E-state index >= 15 is 0 Å². The van der Waals surface area contributed by atoms with Crippen molar-refractivity contribution in [3.05, 3.63) is 52.7 Å². The third-order valence-electron chi connectivity index (χ3n) is 3.49. The SMILES string of the molecule is CCC(C)c1ccccc1OCc1nc(NN)ccc1Cl. The molecule has 112 valence electrons. The van der Waals surface area contributed by atoms with E-state index < -0.39 is 0 Å². The highest BCUT2D eigenvalue weighted by Crippen LogP contribution is 2.29. The van der Waals surface area contributed by atoms with Crippen LogP contribution in [0.3, 0.4) is 0 Å². The third kappa shape index (κ3) is 3.86. The first-order valence-electron chi connectivity index (χ1n) is 6.99. The van der Waals surface area contributed by atoms with Gasteiger partial charge in [0.2, 0.25) is 0 Å². The Morgan fingerprint density at radius 1 is 1.29 bits per heavy atom. The van der Waals surface area contributed by atoms with Crippen LogP contribution in [0.25, 0.3) is 0 Å². The summed E-state index contributed by atoms with van der Waals surface area (Å²) in [5.74, 6) is 7.24. The van der Waals surface area contributed by atoms with Gasteiger partial charge in [-0.1, -0.05) is 43.6 Å². The first-order valence-corrected chi connectivity index (χ1v) is 7.37. The topological polar surface area (TPSA) is 60.2 Å². The molecular formula is C16H20ClN3O. The van der Waals surface area contributed by atoms with E-state index in [9.17, 15) is 0 Å². The van der Waals surface area contributed by atoms with Crippen LogP contribution in [0.4, 0.5) is 5.82 Å². The summed E-state index contributed by atoms with van der Waals surface area (Å²) in [6, 6.07) is 11.5. The van der Waals surface area contributed by atoms with E-state index in [-0.39, 0.29) is 0 Å². The number of nitrogens with zero attached hydrogens (tertiary/aromatic N) is 1. The summed E-state index contributed by atoms with van der Waals surface area (Å²) in [4.78, 5) is 4.31. The molecule has 0 saturated heterocycles. The molecule has 2 rings (SSSR count). The highest BCUT2D eigenvalue weighted by Gasteiger charge is 2.11. The molecule has 1 atom stereocenters. The average molecular weight is 306 g/mol. The van der Waals surface area contributed by atoms with Crippen LogP contribution in [0.15, 0.2) is 36.4 Å². The predicted molar refractivity (Wildman–Crippen MR) is 86.5 cm³/mol. The molecule has 21 heavy (non-hydrogen) atoms. The Morgan fingerprint density at radius 2 is 2.05 bits per heavy atom. The number of nitrogens with one attached hydrogen (secondary N) is 1. The summed E-state index contributed by atoms with van der Waals surface area (Å²) in [5, 5.41) is 0.565. The summed E-state index contributed by atoms with van der Waals surface area (Å²) < 4.78 is 5.91. The van der Waals surface area contributed by atoms with Gasteiger partial charge in [-0.3, -0.25) is 0 Å². The number of aromatic nitrogens is 1. The first kappa shape index (κ1) is 15.6. The zero-order chi connectivity index (χ0) is 15.2. The van der Waals surface area contributed by atoms with Gasteiger partial charge in [0.05, 0.1) is 10.7 Å². The quantitative estimate of drug-likeness (QED) is 0.623. The molecule has 1 aromatic carbocycles. The Kier molecular flexibility index (Phi) is 5.42. The molecule has 5 heteroatoms. The minimum Gasteiger partial charge on any atom is -0.487 e. The van der Waals surface area contributed by atoms with Crippen molar-refractivity contribution in [3.63, 3.8) is 0 Å². The van der Waals surface area contributed by atoms with E-state index in [0.717, 1.165) is 12.2 Å². The standard InChI is InChI=1S/C16H20ClN3O/c1-3-11(2)12-6-4-5-7-15(12)21-10-14-13(17)8-9-16(19-14)20-18/h4-9,11H,3,10,18H2,1-2H3,(H,19,20). The van der Waals surface area contributed by atoms with Crippen LogP contribution in [0.2, 0.25) is 5.02 Å². The van der Waals surface area contributed by atoms with Crippen LogP contribution in [0, 0.1) is 0 Å². The van der Waals surface area contributed by atoms with Crippen molar-refractivity contribution in [1.82, 2.24) is 4.98 Å². The highest BCUT2D eigenvalue weighted by atomic mass is 35.5. The van der Waals surface area contributed by atoms with Gasteiger partial charge in [-0.05, 0) is 36.1 Å². The lowest BCUT2D eigenvalue weighted by Crippen LogP contribution is -2.10. The van der Waals surface area contributed by atoms with Crippen molar-refractivity contribution in [3.8, 4) is 5.75 Å². The Morgan fingerprint density at radius 3 is 2.76 bits per heavy atom. The number of halogens is 1. The smallest absolute Gasteiger partial charge is 0.140 e. The Hall–Kier alpha value is -1.78. The van der Waals surface area contributed by atoms with Crippen molar-refractivity contribution >= 4 is 17.4 Å². The van der Waals surface area contributed by atoms with Crippen LogP contribution < -0.4 is 16.0 Å². The molecule has 1 heterocycles. The number of pyridine rings is 1. The fourth-order valence-corrected chi connectivity index (χ4v) is 2.21. The Bertz CT molecular complexity index is 604. The molecule has 0 bridgehead atoms. The third-order valence-corrected chi connectivity index (χ3v) is 3.84. The molecule has 1 unspecified atom stereocenters. The number of para-hydroxylation sites is 1. The number of ether oxygens (including phenoxy) is 1. The minimum atomic E-state index is 0.307. The van der Waals surface area contributed by atoms with Gasteiger partial charge in [-0.25, -0.2) is 10.8 Å². The maximum Gasteiger partial charge on any atom is 0.140 e. The Balaban J connectivity index is 2.17. The van der Waals surface area contributed by atoms with Crippen molar-refractivity contribution < 1.29 is 4.74 Å². The fourth-order valence-electron chi connectivity index (χ4n) is 2.05. The van der Waals surface area contributed by atoms with E-state index in [4.69, 9.17) is 22.2 Å². The molecule has 0 amide bonds. The summed E-state index contributed by atoms with van der Waals surface area (Å²) in [6.45, 7) is 4.66. The number of hydrazine groups is 1. The van der Waals surface area contributed by atoms with Gasteiger partial charge in [0, 0.05) is 0 Å². The molecule has 0 aliphatic heterocycles. The average Bonchev–Trinajstić information content (AvgIpc) is 2.53. The van der Waals surface area contributed by atoms with Crippen LogP contribution in [0.1, 0.15) is 37.4 Å². The lowest BCUT2D eigenvalue weighted by molar-refractivity contribution is 0.296. The summed E-state index contributed by atoms with van der Waals surface area (Å²) >= 11 is 6.14. The summed E-state index contributed by atoms with van der Waals surface area (Å²) in [7, 11) is 0. The van der Waals surface area contributed by atoms with Gasteiger partial charge in [0.1, 0.15) is 18.2 Å². The predicted octanol–water partition coefficient (Wildman–Crippen LogP) is 4.11. The molecule has 0 aliphatic carbocycles. The molecule has 0 saturated carbocycles. The molecule has 2 aromatic rings. The van der Waals surface area contributed by atoms with Crippen molar-refractivity contribution in [2.45, 2.75) is 32.8 Å². The van der Waals surface area contributed by atoms with E-state index in [2.05, 4.69) is 30.3 Å². The normalized spacial score (nSPS) is 12.0. The number of hydrogen-bond donors (Lipinski definition) is 2. The van der Waals surface area contributed by atoms with Crippen LogP contribution >= 0.6 is 11.6 Å². The number of anilines is 1. The minimum absolute atomic E-state index is 0.307. The lowest BCUT2D eigenvalue weighted by atomic mass is 9.98. The highest BCUT2D eigenvalue weighted by molar-refractivity contribution is 6.31. The fraction of sp³-hybridized carbons (Fsp3) is 0.312. The van der Waals surface area contributed by atoms with Crippen molar-refractivity contribution in [2.24, 2.45) is 5.84 Å². The van der Waals surface area contributed by atoms with Gasteiger partial charge in [0.15, 0.2) is 0 Å². The molecule has 1 aromatic heterocycles. The largest absolute Gasteiger partial charge is 0.487 e.